The quantitative estimate of drug-likeness (QED) is 0.621. The van der Waals surface area contributed by atoms with Gasteiger partial charge in [-0.2, -0.15) is 13.2 Å². The zero-order chi connectivity index (χ0) is 23.8. The van der Waals surface area contributed by atoms with E-state index in [4.69, 9.17) is 0 Å². The number of piperazine rings is 1. The largest absolute Gasteiger partial charge is 0.419 e. The molecule has 0 bridgehead atoms. The Labute approximate surface area is 188 Å². The van der Waals surface area contributed by atoms with Crippen LogP contribution < -0.4 is 4.90 Å². The number of carbonyl (C=O) groups is 1. The molecule has 4 rings (SSSR count). The van der Waals surface area contributed by atoms with Crippen molar-refractivity contribution in [1.29, 1.82) is 0 Å². The van der Waals surface area contributed by atoms with Crippen molar-refractivity contribution in [2.45, 2.75) is 25.1 Å². The van der Waals surface area contributed by atoms with Gasteiger partial charge in [0.1, 0.15) is 15.7 Å². The van der Waals surface area contributed by atoms with Crippen molar-refractivity contribution in [2.24, 2.45) is 5.92 Å². The van der Waals surface area contributed by atoms with Gasteiger partial charge in [0.25, 0.3) is 0 Å². The lowest BCUT2D eigenvalue weighted by atomic mass is 9.96. The maximum absolute atomic E-state index is 14.7. The van der Waals surface area contributed by atoms with Gasteiger partial charge in [0.05, 0.1) is 23.1 Å². The molecule has 1 aromatic heterocycles. The first-order valence-corrected chi connectivity index (χ1v) is 12.3. The standard InChI is InChI=1S/C21H22F4N4O3S/c22-17-4-2-1-3-16(17)18-13-28(20-26-11-15(12-27-20)21(23,24)25)7-8-29(18)19(30)14-5-9-33(31,32)10-6-14/h1-4,11-12,14,18H,5-10,13H2. The minimum Gasteiger partial charge on any atom is -0.337 e. The van der Waals surface area contributed by atoms with E-state index in [1.54, 1.807) is 21.9 Å². The number of benzene rings is 1. The molecule has 1 aromatic carbocycles. The fraction of sp³-hybridized carbons (Fsp3) is 0.476. The number of rotatable bonds is 3. The minimum absolute atomic E-state index is 0.0557. The van der Waals surface area contributed by atoms with Crippen molar-refractivity contribution >= 4 is 21.7 Å². The number of nitrogens with zero attached hydrogens (tertiary/aromatic N) is 4. The van der Waals surface area contributed by atoms with Gasteiger partial charge in [0.2, 0.25) is 11.9 Å². The second kappa shape index (κ2) is 8.88. The van der Waals surface area contributed by atoms with Gasteiger partial charge in [-0.15, -0.1) is 0 Å². The highest BCUT2D eigenvalue weighted by Gasteiger charge is 2.39. The highest BCUT2D eigenvalue weighted by molar-refractivity contribution is 7.91. The topological polar surface area (TPSA) is 83.5 Å². The van der Waals surface area contributed by atoms with Gasteiger partial charge in [-0.25, -0.2) is 22.8 Å². The summed E-state index contributed by atoms with van der Waals surface area (Å²) in [7, 11) is -3.15. The summed E-state index contributed by atoms with van der Waals surface area (Å²) >= 11 is 0. The lowest BCUT2D eigenvalue weighted by Crippen LogP contribution is -2.53. The fourth-order valence-corrected chi connectivity index (χ4v) is 5.73. The normalized spacial score (nSPS) is 21.8. The summed E-state index contributed by atoms with van der Waals surface area (Å²) in [5, 5.41) is 0. The van der Waals surface area contributed by atoms with Crippen LogP contribution in [0.15, 0.2) is 36.7 Å². The number of alkyl halides is 3. The Morgan fingerprint density at radius 1 is 1.03 bits per heavy atom. The molecule has 2 aromatic rings. The van der Waals surface area contributed by atoms with E-state index in [2.05, 4.69) is 9.97 Å². The van der Waals surface area contributed by atoms with Gasteiger partial charge in [-0.3, -0.25) is 4.79 Å². The number of aromatic nitrogens is 2. The molecule has 2 aliphatic heterocycles. The monoisotopic (exact) mass is 486 g/mol. The third-order valence-electron chi connectivity index (χ3n) is 6.08. The van der Waals surface area contributed by atoms with E-state index in [9.17, 15) is 30.8 Å². The van der Waals surface area contributed by atoms with Crippen LogP contribution in [-0.4, -0.2) is 60.3 Å². The molecule has 0 N–H and O–H groups in total. The van der Waals surface area contributed by atoms with Crippen LogP contribution >= 0.6 is 0 Å². The Hall–Kier alpha value is -2.76. The van der Waals surface area contributed by atoms with Gasteiger partial charge >= 0.3 is 6.18 Å². The number of halogens is 4. The summed E-state index contributed by atoms with van der Waals surface area (Å²) in [4.78, 5) is 24.1. The molecule has 2 fully saturated rings. The Morgan fingerprint density at radius 2 is 1.67 bits per heavy atom. The van der Waals surface area contributed by atoms with E-state index in [0.717, 1.165) is 0 Å². The summed E-state index contributed by atoms with van der Waals surface area (Å²) in [6, 6.07) is 5.27. The molecule has 2 saturated heterocycles. The first-order chi connectivity index (χ1) is 15.5. The molecular weight excluding hydrogens is 464 g/mol. The highest BCUT2D eigenvalue weighted by Crippen LogP contribution is 2.33. The van der Waals surface area contributed by atoms with Gasteiger partial charge in [-0.1, -0.05) is 18.2 Å². The first kappa shape index (κ1) is 23.4. The van der Waals surface area contributed by atoms with Crippen molar-refractivity contribution in [1.82, 2.24) is 14.9 Å². The third kappa shape index (κ3) is 5.10. The van der Waals surface area contributed by atoms with Crippen LogP contribution in [0.1, 0.15) is 30.0 Å². The average molecular weight is 486 g/mol. The summed E-state index contributed by atoms with van der Waals surface area (Å²) in [6.45, 7) is 0.502. The number of carbonyl (C=O) groups excluding carboxylic acids is 1. The van der Waals surface area contributed by atoms with Crippen LogP contribution in [0.5, 0.6) is 0 Å². The Kier molecular flexibility index (Phi) is 6.30. The Morgan fingerprint density at radius 3 is 2.27 bits per heavy atom. The molecule has 2 aliphatic rings. The van der Waals surface area contributed by atoms with Crippen molar-refractivity contribution < 1.29 is 30.8 Å². The summed E-state index contributed by atoms with van der Waals surface area (Å²) in [6.07, 6.45) is -2.74. The van der Waals surface area contributed by atoms with Crippen molar-refractivity contribution in [2.75, 3.05) is 36.0 Å². The molecule has 0 spiro atoms. The molecule has 0 saturated carbocycles. The van der Waals surface area contributed by atoms with Gasteiger partial charge in [-0.05, 0) is 18.9 Å². The molecule has 1 atom stereocenters. The van der Waals surface area contributed by atoms with Crippen molar-refractivity contribution in [3.05, 3.63) is 53.6 Å². The van der Waals surface area contributed by atoms with Crippen LogP contribution in [0.3, 0.4) is 0 Å². The van der Waals surface area contributed by atoms with Crippen LogP contribution in [0.25, 0.3) is 0 Å². The van der Waals surface area contributed by atoms with E-state index in [1.807, 2.05) is 0 Å². The maximum atomic E-state index is 14.7. The molecule has 0 aliphatic carbocycles. The predicted molar refractivity (Wildman–Crippen MR) is 111 cm³/mol. The number of hydrogen-bond acceptors (Lipinski definition) is 6. The van der Waals surface area contributed by atoms with E-state index >= 15 is 0 Å². The number of anilines is 1. The number of amides is 1. The lowest BCUT2D eigenvalue weighted by molar-refractivity contribution is -0.139. The number of sulfone groups is 1. The second-order valence-electron chi connectivity index (χ2n) is 8.21. The SMILES string of the molecule is O=C(C1CCS(=O)(=O)CC1)N1CCN(c2ncc(C(F)(F)F)cn2)CC1c1ccccc1F. The van der Waals surface area contributed by atoms with Crippen molar-refractivity contribution in [3.63, 3.8) is 0 Å². The molecular formula is C21H22F4N4O3S. The fourth-order valence-electron chi connectivity index (χ4n) is 4.24. The molecule has 1 unspecified atom stereocenters. The lowest BCUT2D eigenvalue weighted by Gasteiger charge is -2.43. The summed E-state index contributed by atoms with van der Waals surface area (Å²) < 4.78 is 76.7. The van der Waals surface area contributed by atoms with E-state index in [0.29, 0.717) is 12.4 Å². The van der Waals surface area contributed by atoms with Gasteiger partial charge in [0, 0.05) is 43.5 Å². The minimum atomic E-state index is -4.56. The van der Waals surface area contributed by atoms with Crippen LogP contribution in [-0.2, 0) is 20.8 Å². The maximum Gasteiger partial charge on any atom is 0.419 e. The molecule has 7 nitrogen and oxygen atoms in total. The van der Waals surface area contributed by atoms with E-state index in [1.165, 1.54) is 12.1 Å². The third-order valence-corrected chi connectivity index (χ3v) is 7.80. The molecule has 12 heteroatoms. The molecule has 33 heavy (non-hydrogen) atoms. The Bertz CT molecular complexity index is 1110. The van der Waals surface area contributed by atoms with Gasteiger partial charge < -0.3 is 9.80 Å². The van der Waals surface area contributed by atoms with E-state index in [-0.39, 0.29) is 61.4 Å². The Balaban J connectivity index is 1.59. The molecule has 178 valence electrons. The second-order valence-corrected chi connectivity index (χ2v) is 10.5. The predicted octanol–water partition coefficient (Wildman–Crippen LogP) is 2.85. The highest BCUT2D eigenvalue weighted by atomic mass is 32.2. The van der Waals surface area contributed by atoms with Crippen LogP contribution in [0.4, 0.5) is 23.5 Å². The van der Waals surface area contributed by atoms with Crippen LogP contribution in [0, 0.1) is 11.7 Å². The van der Waals surface area contributed by atoms with Crippen molar-refractivity contribution in [3.8, 4) is 0 Å². The average Bonchev–Trinajstić information content (AvgIpc) is 2.78. The first-order valence-electron chi connectivity index (χ1n) is 10.4. The van der Waals surface area contributed by atoms with Gasteiger partial charge in [0.15, 0.2) is 0 Å². The molecule has 3 heterocycles. The molecule has 1 amide bonds. The summed E-state index contributed by atoms with van der Waals surface area (Å²) in [5.41, 5.74) is -0.705. The number of hydrogen-bond donors (Lipinski definition) is 0. The zero-order valence-electron chi connectivity index (χ0n) is 17.5. The molecule has 0 radical (unpaired) electrons. The smallest absolute Gasteiger partial charge is 0.337 e. The van der Waals surface area contributed by atoms with Crippen LogP contribution in [0.2, 0.25) is 0 Å². The summed E-state index contributed by atoms with van der Waals surface area (Å²) in [5.74, 6) is -1.30. The zero-order valence-corrected chi connectivity index (χ0v) is 18.3. The van der Waals surface area contributed by atoms with E-state index < -0.39 is 39.4 Å².